The van der Waals surface area contributed by atoms with Gasteiger partial charge in [0.25, 0.3) is 5.91 Å². The van der Waals surface area contributed by atoms with Crippen LogP contribution in [0.2, 0.25) is 0 Å². The smallest absolute Gasteiger partial charge is 0.260 e. The Morgan fingerprint density at radius 3 is 2.65 bits per heavy atom. The molecule has 5 rings (SSSR count). The highest BCUT2D eigenvalue weighted by atomic mass is 32.1. The molecule has 2 aromatic carbocycles. The average Bonchev–Trinajstić information content (AvgIpc) is 3.21. The summed E-state index contributed by atoms with van der Waals surface area (Å²) in [6, 6.07) is 13.5. The van der Waals surface area contributed by atoms with E-state index in [-0.39, 0.29) is 5.91 Å². The number of hydrogen-bond donors (Lipinski definition) is 0. The molecule has 5 aromatic rings. The van der Waals surface area contributed by atoms with Gasteiger partial charge in [0.05, 0.1) is 27.8 Å². The fraction of sp³-hybridized carbons (Fsp3) is 0.125. The van der Waals surface area contributed by atoms with Crippen molar-refractivity contribution in [3.63, 3.8) is 0 Å². The summed E-state index contributed by atoms with van der Waals surface area (Å²) in [5, 5.41) is 0.664. The number of nitrogens with zero attached hydrogens (tertiary/aromatic N) is 5. The number of carbonyl (C=O) groups is 1. The Labute approximate surface area is 183 Å². The third-order valence-corrected chi connectivity index (χ3v) is 6.10. The second-order valence-electron chi connectivity index (χ2n) is 7.44. The minimum atomic E-state index is -0.134. The van der Waals surface area contributed by atoms with Crippen LogP contribution < -0.4 is 4.90 Å². The third kappa shape index (κ3) is 3.75. The minimum Gasteiger partial charge on any atom is -0.279 e. The molecule has 0 saturated carbocycles. The number of aryl methyl sites for hydroxylation is 2. The molecule has 0 bridgehead atoms. The van der Waals surface area contributed by atoms with Crippen LogP contribution in [0.1, 0.15) is 27.0 Å². The van der Waals surface area contributed by atoms with Crippen molar-refractivity contribution in [1.82, 2.24) is 19.9 Å². The topological polar surface area (TPSA) is 71.9 Å². The maximum absolute atomic E-state index is 13.6. The first-order chi connectivity index (χ1) is 15.1. The fourth-order valence-electron chi connectivity index (χ4n) is 3.63. The van der Waals surface area contributed by atoms with Gasteiger partial charge in [-0.25, -0.2) is 4.98 Å². The Balaban J connectivity index is 1.61. The zero-order valence-corrected chi connectivity index (χ0v) is 17.9. The van der Waals surface area contributed by atoms with E-state index in [0.717, 1.165) is 26.9 Å². The summed E-state index contributed by atoms with van der Waals surface area (Å²) in [6.07, 6.45) is 6.77. The Morgan fingerprint density at radius 1 is 1.00 bits per heavy atom. The quantitative estimate of drug-likeness (QED) is 0.401. The van der Waals surface area contributed by atoms with E-state index in [2.05, 4.69) is 34.0 Å². The van der Waals surface area contributed by atoms with Crippen molar-refractivity contribution in [2.45, 2.75) is 20.4 Å². The normalized spacial score (nSPS) is 11.2. The van der Waals surface area contributed by atoms with Gasteiger partial charge in [-0.3, -0.25) is 24.6 Å². The number of pyridine rings is 1. The van der Waals surface area contributed by atoms with Crippen LogP contribution >= 0.6 is 11.3 Å². The first-order valence-corrected chi connectivity index (χ1v) is 10.7. The Bertz CT molecular complexity index is 1410. The lowest BCUT2D eigenvalue weighted by Gasteiger charge is -2.20. The molecule has 0 aliphatic rings. The van der Waals surface area contributed by atoms with Crippen LogP contribution in [0.25, 0.3) is 21.3 Å². The number of anilines is 1. The van der Waals surface area contributed by atoms with E-state index >= 15 is 0 Å². The molecule has 6 nitrogen and oxygen atoms in total. The predicted molar refractivity (Wildman–Crippen MR) is 123 cm³/mol. The highest BCUT2D eigenvalue weighted by Crippen LogP contribution is 2.33. The fourth-order valence-corrected chi connectivity index (χ4v) is 4.77. The maximum Gasteiger partial charge on any atom is 0.260 e. The Hall–Kier alpha value is -3.71. The average molecular weight is 426 g/mol. The van der Waals surface area contributed by atoms with Crippen LogP contribution in [0.3, 0.4) is 0 Å². The molecule has 0 unspecified atom stereocenters. The molecule has 0 spiro atoms. The van der Waals surface area contributed by atoms with Crippen molar-refractivity contribution < 1.29 is 4.79 Å². The molecule has 0 radical (unpaired) electrons. The van der Waals surface area contributed by atoms with Crippen LogP contribution in [-0.2, 0) is 6.54 Å². The van der Waals surface area contributed by atoms with Gasteiger partial charge in [0.1, 0.15) is 0 Å². The zero-order chi connectivity index (χ0) is 21.4. The largest absolute Gasteiger partial charge is 0.279 e. The molecular weight excluding hydrogens is 406 g/mol. The van der Waals surface area contributed by atoms with Gasteiger partial charge in [-0.1, -0.05) is 23.5 Å². The summed E-state index contributed by atoms with van der Waals surface area (Å²) in [6.45, 7) is 4.50. The summed E-state index contributed by atoms with van der Waals surface area (Å²) < 4.78 is 1.07. The summed E-state index contributed by atoms with van der Waals surface area (Å²) in [4.78, 5) is 33.0. The molecule has 0 saturated heterocycles. The zero-order valence-electron chi connectivity index (χ0n) is 17.1. The van der Waals surface area contributed by atoms with Gasteiger partial charge >= 0.3 is 0 Å². The molecule has 0 aliphatic carbocycles. The molecule has 0 atom stereocenters. The lowest BCUT2D eigenvalue weighted by molar-refractivity contribution is 0.0985. The van der Waals surface area contributed by atoms with Crippen molar-refractivity contribution in [2.24, 2.45) is 0 Å². The summed E-state index contributed by atoms with van der Waals surface area (Å²) in [5.41, 5.74) is 6.13. The number of rotatable bonds is 4. The van der Waals surface area contributed by atoms with Crippen molar-refractivity contribution in [3.05, 3.63) is 89.5 Å². The lowest BCUT2D eigenvalue weighted by atomic mass is 10.1. The van der Waals surface area contributed by atoms with Gasteiger partial charge in [-0.15, -0.1) is 0 Å². The molecule has 152 valence electrons. The van der Waals surface area contributed by atoms with Crippen molar-refractivity contribution >= 4 is 43.6 Å². The van der Waals surface area contributed by atoms with Gasteiger partial charge in [-0.2, -0.15) is 0 Å². The number of thiazole rings is 1. The van der Waals surface area contributed by atoms with Gasteiger partial charge in [0.15, 0.2) is 5.13 Å². The van der Waals surface area contributed by atoms with Gasteiger partial charge in [0.2, 0.25) is 0 Å². The molecule has 1 amide bonds. The molecular formula is C24H19N5OS. The first kappa shape index (κ1) is 19.3. The molecule has 3 aromatic heterocycles. The van der Waals surface area contributed by atoms with Gasteiger partial charge < -0.3 is 0 Å². The highest BCUT2D eigenvalue weighted by Gasteiger charge is 2.23. The lowest BCUT2D eigenvalue weighted by Crippen LogP contribution is -2.30. The van der Waals surface area contributed by atoms with E-state index in [0.29, 0.717) is 22.8 Å². The number of aromatic nitrogens is 4. The molecule has 7 heteroatoms. The SMILES string of the molecule is Cc1cc(C)c2nc(N(Cc3cccnc3)C(=O)c3ccc4nccnc4c3)sc2c1. The molecule has 3 heterocycles. The number of amides is 1. The number of hydrogen-bond acceptors (Lipinski definition) is 6. The third-order valence-electron chi connectivity index (χ3n) is 5.07. The summed E-state index contributed by atoms with van der Waals surface area (Å²) >= 11 is 1.53. The summed E-state index contributed by atoms with van der Waals surface area (Å²) in [7, 11) is 0. The van der Waals surface area contributed by atoms with Crippen LogP contribution in [0.5, 0.6) is 0 Å². The number of fused-ring (bicyclic) bond motifs is 2. The Morgan fingerprint density at radius 2 is 1.84 bits per heavy atom. The van der Waals surface area contributed by atoms with E-state index in [9.17, 15) is 4.79 Å². The van der Waals surface area contributed by atoms with Gasteiger partial charge in [0, 0.05) is 30.4 Å². The van der Waals surface area contributed by atoms with Crippen LogP contribution in [-0.4, -0.2) is 25.8 Å². The highest BCUT2D eigenvalue weighted by molar-refractivity contribution is 7.22. The van der Waals surface area contributed by atoms with E-state index < -0.39 is 0 Å². The molecule has 31 heavy (non-hydrogen) atoms. The molecule has 0 fully saturated rings. The molecule has 0 aliphatic heterocycles. The van der Waals surface area contributed by atoms with Crippen LogP contribution in [0.15, 0.2) is 67.3 Å². The van der Waals surface area contributed by atoms with Crippen molar-refractivity contribution in [3.8, 4) is 0 Å². The summed E-state index contributed by atoms with van der Waals surface area (Å²) in [5.74, 6) is -0.134. The minimum absolute atomic E-state index is 0.134. The Kier molecular flexibility index (Phi) is 4.88. The van der Waals surface area contributed by atoms with E-state index in [1.165, 1.54) is 16.9 Å². The van der Waals surface area contributed by atoms with Crippen LogP contribution in [0.4, 0.5) is 5.13 Å². The first-order valence-electron chi connectivity index (χ1n) is 9.88. The van der Waals surface area contributed by atoms with Crippen molar-refractivity contribution in [2.75, 3.05) is 4.90 Å². The van der Waals surface area contributed by atoms with E-state index in [1.807, 2.05) is 25.1 Å². The standard InChI is InChI=1S/C24H19N5OS/c1-15-10-16(2)22-21(11-15)31-24(28-22)29(14-17-4-3-7-25-13-17)23(30)18-5-6-19-20(12-18)27-9-8-26-19/h3-13H,14H2,1-2H3. The number of benzene rings is 2. The van der Waals surface area contributed by atoms with Crippen LogP contribution in [0, 0.1) is 13.8 Å². The van der Waals surface area contributed by atoms with Gasteiger partial charge in [-0.05, 0) is 60.9 Å². The van der Waals surface area contributed by atoms with E-state index in [1.54, 1.807) is 41.8 Å². The second kappa shape index (κ2) is 7.85. The maximum atomic E-state index is 13.6. The number of carbonyl (C=O) groups excluding carboxylic acids is 1. The van der Waals surface area contributed by atoms with Crippen molar-refractivity contribution in [1.29, 1.82) is 0 Å². The van der Waals surface area contributed by atoms with E-state index in [4.69, 9.17) is 4.98 Å². The molecule has 0 N–H and O–H groups in total. The monoisotopic (exact) mass is 425 g/mol. The predicted octanol–water partition coefficient (Wildman–Crippen LogP) is 5.10. The second-order valence-corrected chi connectivity index (χ2v) is 8.45.